The van der Waals surface area contributed by atoms with Gasteiger partial charge < -0.3 is 15.3 Å². The van der Waals surface area contributed by atoms with Gasteiger partial charge in [-0.3, -0.25) is 0 Å². The lowest BCUT2D eigenvalue weighted by Crippen LogP contribution is -2.58. The van der Waals surface area contributed by atoms with Crippen LogP contribution in [0.25, 0.3) is 0 Å². The molecule has 3 nitrogen and oxygen atoms in total. The monoisotopic (exact) mass is 282 g/mol. The Kier molecular flexibility index (Phi) is 5.88. The number of piperidine rings is 1. The molecule has 0 amide bonds. The molecule has 1 aliphatic heterocycles. The summed E-state index contributed by atoms with van der Waals surface area (Å²) in [5.74, 6) is 0.896. The Labute approximate surface area is 125 Å². The van der Waals surface area contributed by atoms with Gasteiger partial charge in [-0.15, -0.1) is 0 Å². The van der Waals surface area contributed by atoms with Crippen LogP contribution in [-0.4, -0.2) is 47.3 Å². The summed E-state index contributed by atoms with van der Waals surface area (Å²) < 4.78 is 0. The van der Waals surface area contributed by atoms with Crippen molar-refractivity contribution in [2.24, 2.45) is 5.92 Å². The Morgan fingerprint density at radius 3 is 2.75 bits per heavy atom. The normalized spacial score (nSPS) is 36.5. The van der Waals surface area contributed by atoms with E-state index in [4.69, 9.17) is 0 Å². The van der Waals surface area contributed by atoms with Crippen LogP contribution in [0.4, 0.5) is 0 Å². The molecule has 1 heterocycles. The van der Waals surface area contributed by atoms with E-state index in [1.54, 1.807) is 0 Å². The van der Waals surface area contributed by atoms with E-state index < -0.39 is 0 Å². The van der Waals surface area contributed by atoms with Crippen LogP contribution in [0.3, 0.4) is 0 Å². The number of hydrogen-bond donors (Lipinski definition) is 2. The van der Waals surface area contributed by atoms with E-state index in [0.29, 0.717) is 12.1 Å². The minimum absolute atomic E-state index is 0.0315. The second-order valence-corrected chi connectivity index (χ2v) is 7.40. The standard InChI is InChI=1S/C17H34N2O/c1-4-15-7-6-10-19(12-15)16-8-5-9-17(11-16,13-20)18-14(2)3/h14-16,18,20H,4-13H2,1-3H3. The molecule has 0 radical (unpaired) electrons. The predicted molar refractivity (Wildman–Crippen MR) is 84.9 cm³/mol. The quantitative estimate of drug-likeness (QED) is 0.814. The maximum atomic E-state index is 9.92. The van der Waals surface area contributed by atoms with Crippen molar-refractivity contribution in [3.05, 3.63) is 0 Å². The molecule has 2 aliphatic rings. The van der Waals surface area contributed by atoms with Crippen LogP contribution in [0, 0.1) is 5.92 Å². The molecule has 0 aromatic rings. The summed E-state index contributed by atoms with van der Waals surface area (Å²) >= 11 is 0. The maximum Gasteiger partial charge on any atom is 0.0613 e. The molecule has 0 bridgehead atoms. The summed E-state index contributed by atoms with van der Waals surface area (Å²) in [6.07, 6.45) is 8.91. The average molecular weight is 282 g/mol. The minimum atomic E-state index is -0.0315. The summed E-state index contributed by atoms with van der Waals surface area (Å²) in [6, 6.07) is 1.13. The highest BCUT2D eigenvalue weighted by Crippen LogP contribution is 2.34. The Morgan fingerprint density at radius 2 is 2.10 bits per heavy atom. The highest BCUT2D eigenvalue weighted by molar-refractivity contribution is 4.98. The van der Waals surface area contributed by atoms with Crippen molar-refractivity contribution in [2.45, 2.75) is 83.3 Å². The van der Waals surface area contributed by atoms with E-state index in [1.807, 2.05) is 0 Å². The summed E-state index contributed by atoms with van der Waals surface area (Å²) in [4.78, 5) is 2.73. The van der Waals surface area contributed by atoms with Crippen molar-refractivity contribution in [2.75, 3.05) is 19.7 Å². The van der Waals surface area contributed by atoms with Gasteiger partial charge in [0.05, 0.1) is 6.61 Å². The van der Waals surface area contributed by atoms with Crippen LogP contribution in [0.1, 0.15) is 65.7 Å². The van der Waals surface area contributed by atoms with Crippen molar-refractivity contribution >= 4 is 0 Å². The van der Waals surface area contributed by atoms with E-state index >= 15 is 0 Å². The van der Waals surface area contributed by atoms with Gasteiger partial charge in [0.25, 0.3) is 0 Å². The molecule has 0 aromatic carbocycles. The van der Waals surface area contributed by atoms with E-state index in [2.05, 4.69) is 31.0 Å². The number of likely N-dealkylation sites (tertiary alicyclic amines) is 1. The zero-order chi connectivity index (χ0) is 14.6. The molecule has 118 valence electrons. The highest BCUT2D eigenvalue weighted by Gasteiger charge is 2.39. The van der Waals surface area contributed by atoms with Gasteiger partial charge in [0, 0.05) is 24.2 Å². The molecule has 1 aliphatic carbocycles. The van der Waals surface area contributed by atoms with Gasteiger partial charge in [0.2, 0.25) is 0 Å². The van der Waals surface area contributed by atoms with Crippen LogP contribution in [0.5, 0.6) is 0 Å². The second-order valence-electron chi connectivity index (χ2n) is 7.40. The first-order valence-electron chi connectivity index (χ1n) is 8.71. The number of aliphatic hydroxyl groups excluding tert-OH is 1. The van der Waals surface area contributed by atoms with Crippen LogP contribution in [0.2, 0.25) is 0 Å². The van der Waals surface area contributed by atoms with Crippen molar-refractivity contribution in [3.8, 4) is 0 Å². The number of hydrogen-bond acceptors (Lipinski definition) is 3. The Bertz CT molecular complexity index is 295. The largest absolute Gasteiger partial charge is 0.394 e. The average Bonchev–Trinajstić information content (AvgIpc) is 2.47. The van der Waals surface area contributed by atoms with Crippen LogP contribution in [0.15, 0.2) is 0 Å². The third-order valence-electron chi connectivity index (χ3n) is 5.36. The fourth-order valence-corrected chi connectivity index (χ4v) is 4.34. The molecule has 2 rings (SSSR count). The first-order chi connectivity index (χ1) is 9.58. The van der Waals surface area contributed by atoms with Gasteiger partial charge >= 0.3 is 0 Å². The van der Waals surface area contributed by atoms with Crippen molar-refractivity contribution in [3.63, 3.8) is 0 Å². The summed E-state index contributed by atoms with van der Waals surface area (Å²) in [7, 11) is 0. The van der Waals surface area contributed by atoms with Crippen LogP contribution in [-0.2, 0) is 0 Å². The second kappa shape index (κ2) is 7.24. The van der Waals surface area contributed by atoms with Gasteiger partial charge in [0.1, 0.15) is 0 Å². The SMILES string of the molecule is CCC1CCCN(C2CCCC(CO)(NC(C)C)C2)C1. The number of nitrogens with zero attached hydrogens (tertiary/aromatic N) is 1. The van der Waals surface area contributed by atoms with E-state index in [1.165, 1.54) is 45.2 Å². The Morgan fingerprint density at radius 1 is 1.30 bits per heavy atom. The summed E-state index contributed by atoms with van der Waals surface area (Å²) in [6.45, 7) is 9.54. The Balaban J connectivity index is 1.98. The van der Waals surface area contributed by atoms with Gasteiger partial charge in [-0.1, -0.05) is 27.2 Å². The first kappa shape index (κ1) is 16.3. The van der Waals surface area contributed by atoms with Crippen LogP contribution < -0.4 is 5.32 Å². The minimum Gasteiger partial charge on any atom is -0.394 e. The molecule has 3 atom stereocenters. The summed E-state index contributed by atoms with van der Waals surface area (Å²) in [5.41, 5.74) is -0.0315. The number of nitrogens with one attached hydrogen (secondary N) is 1. The zero-order valence-electron chi connectivity index (χ0n) is 13.7. The van der Waals surface area contributed by atoms with Crippen LogP contribution >= 0.6 is 0 Å². The predicted octanol–water partition coefficient (Wildman–Crippen LogP) is 2.78. The molecule has 1 saturated heterocycles. The highest BCUT2D eigenvalue weighted by atomic mass is 16.3. The molecule has 3 heteroatoms. The molecular formula is C17H34N2O. The van der Waals surface area contributed by atoms with Gasteiger partial charge in [0.15, 0.2) is 0 Å². The topological polar surface area (TPSA) is 35.5 Å². The van der Waals surface area contributed by atoms with Crippen molar-refractivity contribution < 1.29 is 5.11 Å². The van der Waals surface area contributed by atoms with E-state index in [-0.39, 0.29) is 12.1 Å². The van der Waals surface area contributed by atoms with Gasteiger partial charge in [-0.05, 0) is 51.0 Å². The molecular weight excluding hydrogens is 248 g/mol. The smallest absolute Gasteiger partial charge is 0.0613 e. The van der Waals surface area contributed by atoms with E-state index in [9.17, 15) is 5.11 Å². The lowest BCUT2D eigenvalue weighted by molar-refractivity contribution is 0.0345. The van der Waals surface area contributed by atoms with Gasteiger partial charge in [-0.2, -0.15) is 0 Å². The third kappa shape index (κ3) is 3.96. The fraction of sp³-hybridized carbons (Fsp3) is 1.00. The van der Waals surface area contributed by atoms with E-state index in [0.717, 1.165) is 18.8 Å². The lowest BCUT2D eigenvalue weighted by Gasteiger charge is -2.47. The van der Waals surface area contributed by atoms with Gasteiger partial charge in [-0.25, -0.2) is 0 Å². The molecule has 0 aromatic heterocycles. The maximum absolute atomic E-state index is 9.92. The molecule has 1 saturated carbocycles. The van der Waals surface area contributed by atoms with Crippen molar-refractivity contribution in [1.29, 1.82) is 0 Å². The lowest BCUT2D eigenvalue weighted by atomic mass is 9.77. The molecule has 3 unspecified atom stereocenters. The zero-order valence-corrected chi connectivity index (χ0v) is 13.7. The molecule has 20 heavy (non-hydrogen) atoms. The molecule has 2 N–H and O–H groups in total. The Hall–Kier alpha value is -0.120. The first-order valence-corrected chi connectivity index (χ1v) is 8.71. The number of aliphatic hydroxyl groups is 1. The fourth-order valence-electron chi connectivity index (χ4n) is 4.34. The summed E-state index contributed by atoms with van der Waals surface area (Å²) in [5, 5.41) is 13.6. The molecule has 2 fully saturated rings. The molecule has 0 spiro atoms. The number of rotatable bonds is 5. The third-order valence-corrected chi connectivity index (χ3v) is 5.36. The van der Waals surface area contributed by atoms with Crippen molar-refractivity contribution in [1.82, 2.24) is 10.2 Å².